The molecule has 0 amide bonds. The predicted molar refractivity (Wildman–Crippen MR) is 87.0 cm³/mol. The van der Waals surface area contributed by atoms with E-state index in [0.29, 0.717) is 18.0 Å². The van der Waals surface area contributed by atoms with Crippen LogP contribution in [0.25, 0.3) is 0 Å². The van der Waals surface area contributed by atoms with Crippen molar-refractivity contribution in [2.45, 2.75) is 38.3 Å². The van der Waals surface area contributed by atoms with Crippen LogP contribution in [0.3, 0.4) is 0 Å². The molecule has 120 valence electrons. The fraction of sp³-hybridized carbons (Fsp3) is 0.600. The van der Waals surface area contributed by atoms with Gasteiger partial charge in [-0.2, -0.15) is 0 Å². The molecule has 21 heavy (non-hydrogen) atoms. The highest BCUT2D eigenvalue weighted by molar-refractivity contribution is 7.89. The van der Waals surface area contributed by atoms with Crippen LogP contribution in [-0.2, 0) is 16.6 Å². The molecular formula is C15H27N3O2S. The zero-order valence-electron chi connectivity index (χ0n) is 13.8. The largest absolute Gasteiger partial charge is 0.316 e. The molecular weight excluding hydrogens is 286 g/mol. The van der Waals surface area contributed by atoms with E-state index in [9.17, 15) is 8.42 Å². The number of rotatable bonds is 7. The van der Waals surface area contributed by atoms with Crippen molar-refractivity contribution in [3.05, 3.63) is 28.8 Å². The molecule has 0 spiro atoms. The molecule has 1 aromatic rings. The van der Waals surface area contributed by atoms with Crippen LogP contribution in [0, 0.1) is 13.8 Å². The molecule has 0 heterocycles. The van der Waals surface area contributed by atoms with Crippen LogP contribution in [0.1, 0.15) is 23.6 Å². The average molecular weight is 313 g/mol. The molecule has 1 rings (SSSR count). The molecule has 5 nitrogen and oxygen atoms in total. The quantitative estimate of drug-likeness (QED) is 0.795. The molecule has 0 aliphatic carbocycles. The number of hydrogen-bond acceptors (Lipinski definition) is 4. The Balaban J connectivity index is 3.05. The molecule has 6 heteroatoms. The zero-order valence-corrected chi connectivity index (χ0v) is 14.6. The van der Waals surface area contributed by atoms with Gasteiger partial charge in [0.2, 0.25) is 10.0 Å². The summed E-state index contributed by atoms with van der Waals surface area (Å²) in [5.41, 5.74) is 2.88. The van der Waals surface area contributed by atoms with E-state index in [1.54, 1.807) is 6.07 Å². The van der Waals surface area contributed by atoms with Crippen molar-refractivity contribution in [2.75, 3.05) is 27.7 Å². The van der Waals surface area contributed by atoms with Gasteiger partial charge in [0.1, 0.15) is 0 Å². The zero-order chi connectivity index (χ0) is 16.2. The summed E-state index contributed by atoms with van der Waals surface area (Å²) in [6.07, 6.45) is 0. The van der Waals surface area contributed by atoms with Crippen molar-refractivity contribution in [1.82, 2.24) is 14.9 Å². The topological polar surface area (TPSA) is 61.4 Å². The molecule has 0 aliphatic rings. The number of nitrogens with one attached hydrogen (secondary N) is 2. The lowest BCUT2D eigenvalue weighted by Crippen LogP contribution is -2.38. The number of nitrogens with zero attached hydrogens (tertiary/aromatic N) is 1. The second-order valence-electron chi connectivity index (χ2n) is 5.74. The SMILES string of the molecule is CNCc1cc(S(=O)(=O)NCC(C)N(C)C)c(C)cc1C. The van der Waals surface area contributed by atoms with Crippen molar-refractivity contribution >= 4 is 10.0 Å². The predicted octanol–water partition coefficient (Wildman–Crippen LogP) is 1.25. The highest BCUT2D eigenvalue weighted by Gasteiger charge is 2.19. The highest BCUT2D eigenvalue weighted by atomic mass is 32.2. The fourth-order valence-electron chi connectivity index (χ4n) is 2.04. The van der Waals surface area contributed by atoms with E-state index in [0.717, 1.165) is 16.7 Å². The Hall–Kier alpha value is -0.950. The van der Waals surface area contributed by atoms with Gasteiger partial charge in [0.05, 0.1) is 4.90 Å². The van der Waals surface area contributed by atoms with E-state index in [-0.39, 0.29) is 6.04 Å². The van der Waals surface area contributed by atoms with Crippen LogP contribution < -0.4 is 10.0 Å². The van der Waals surface area contributed by atoms with Gasteiger partial charge in [-0.3, -0.25) is 0 Å². The van der Waals surface area contributed by atoms with E-state index >= 15 is 0 Å². The summed E-state index contributed by atoms with van der Waals surface area (Å²) < 4.78 is 27.7. The Kier molecular flexibility index (Phi) is 6.34. The third kappa shape index (κ3) is 4.78. The lowest BCUT2D eigenvalue weighted by Gasteiger charge is -2.20. The van der Waals surface area contributed by atoms with E-state index in [2.05, 4.69) is 10.0 Å². The van der Waals surface area contributed by atoms with Gasteiger partial charge in [0, 0.05) is 19.1 Å². The number of benzene rings is 1. The molecule has 0 aliphatic heterocycles. The van der Waals surface area contributed by atoms with E-state index in [1.807, 2.05) is 52.9 Å². The monoisotopic (exact) mass is 313 g/mol. The van der Waals surface area contributed by atoms with Gasteiger partial charge in [-0.15, -0.1) is 0 Å². The highest BCUT2D eigenvalue weighted by Crippen LogP contribution is 2.20. The summed E-state index contributed by atoms with van der Waals surface area (Å²) >= 11 is 0. The Morgan fingerprint density at radius 3 is 2.33 bits per heavy atom. The van der Waals surface area contributed by atoms with E-state index in [4.69, 9.17) is 0 Å². The molecule has 1 atom stereocenters. The van der Waals surface area contributed by atoms with Crippen LogP contribution in [0.5, 0.6) is 0 Å². The maximum atomic E-state index is 12.5. The minimum Gasteiger partial charge on any atom is -0.316 e. The minimum absolute atomic E-state index is 0.141. The minimum atomic E-state index is -3.48. The lowest BCUT2D eigenvalue weighted by atomic mass is 10.1. The molecule has 0 aromatic heterocycles. The third-order valence-corrected chi connectivity index (χ3v) is 5.31. The molecule has 0 radical (unpaired) electrons. The van der Waals surface area contributed by atoms with Crippen LogP contribution in [0.15, 0.2) is 17.0 Å². The van der Waals surface area contributed by atoms with Crippen LogP contribution in [-0.4, -0.2) is 47.0 Å². The average Bonchev–Trinajstić information content (AvgIpc) is 2.38. The van der Waals surface area contributed by atoms with Gasteiger partial charge in [-0.1, -0.05) is 6.07 Å². The molecule has 0 bridgehead atoms. The maximum absolute atomic E-state index is 12.5. The fourth-order valence-corrected chi connectivity index (χ4v) is 3.43. The number of hydrogen-bond donors (Lipinski definition) is 2. The summed E-state index contributed by atoms with van der Waals surface area (Å²) in [5.74, 6) is 0. The first-order valence-corrected chi connectivity index (χ1v) is 8.58. The molecule has 0 fully saturated rings. The Labute approximate surface area is 128 Å². The van der Waals surface area contributed by atoms with Gasteiger partial charge in [-0.25, -0.2) is 13.1 Å². The first-order chi connectivity index (χ1) is 9.69. The Morgan fingerprint density at radius 1 is 1.19 bits per heavy atom. The number of aryl methyl sites for hydroxylation is 2. The second-order valence-corrected chi connectivity index (χ2v) is 7.47. The lowest BCUT2D eigenvalue weighted by molar-refractivity contribution is 0.314. The van der Waals surface area contributed by atoms with Gasteiger partial charge in [0.25, 0.3) is 0 Å². The summed E-state index contributed by atoms with van der Waals surface area (Å²) in [7, 11) is 2.23. The normalized spacial score (nSPS) is 13.7. The molecule has 1 unspecified atom stereocenters. The van der Waals surface area contributed by atoms with Gasteiger partial charge >= 0.3 is 0 Å². The van der Waals surface area contributed by atoms with Crippen molar-refractivity contribution < 1.29 is 8.42 Å². The van der Waals surface area contributed by atoms with E-state index in [1.165, 1.54) is 0 Å². The van der Waals surface area contributed by atoms with Crippen molar-refractivity contribution in [2.24, 2.45) is 0 Å². The summed E-state index contributed by atoms with van der Waals surface area (Å²) in [5, 5.41) is 3.07. The third-order valence-electron chi connectivity index (χ3n) is 3.74. The van der Waals surface area contributed by atoms with Crippen molar-refractivity contribution in [3.63, 3.8) is 0 Å². The molecule has 0 saturated carbocycles. The number of sulfonamides is 1. The van der Waals surface area contributed by atoms with Crippen LogP contribution >= 0.6 is 0 Å². The van der Waals surface area contributed by atoms with Crippen LogP contribution in [0.4, 0.5) is 0 Å². The first-order valence-electron chi connectivity index (χ1n) is 7.10. The molecule has 1 aromatic carbocycles. The summed E-state index contributed by atoms with van der Waals surface area (Å²) in [6.45, 7) is 6.86. The van der Waals surface area contributed by atoms with Crippen LogP contribution in [0.2, 0.25) is 0 Å². The van der Waals surface area contributed by atoms with Gasteiger partial charge in [0.15, 0.2) is 0 Å². The van der Waals surface area contributed by atoms with E-state index < -0.39 is 10.0 Å². The summed E-state index contributed by atoms with van der Waals surface area (Å²) in [6, 6.07) is 3.84. The van der Waals surface area contributed by atoms with Gasteiger partial charge < -0.3 is 10.2 Å². The second kappa shape index (κ2) is 7.35. The standard InChI is InChI=1S/C15H27N3O2S/c1-11-7-12(2)15(8-14(11)10-16-4)21(19,20)17-9-13(3)18(5)6/h7-8,13,16-17H,9-10H2,1-6H3. The Bertz CT molecular complexity index is 583. The molecule has 0 saturated heterocycles. The van der Waals surface area contributed by atoms with Crippen molar-refractivity contribution in [1.29, 1.82) is 0 Å². The molecule has 2 N–H and O–H groups in total. The smallest absolute Gasteiger partial charge is 0.240 e. The first kappa shape index (κ1) is 18.1. The van der Waals surface area contributed by atoms with Crippen molar-refractivity contribution in [3.8, 4) is 0 Å². The number of likely N-dealkylation sites (N-methyl/N-ethyl adjacent to an activating group) is 1. The summed E-state index contributed by atoms with van der Waals surface area (Å²) in [4.78, 5) is 2.35. The van der Waals surface area contributed by atoms with Gasteiger partial charge in [-0.05, 0) is 64.7 Å². The maximum Gasteiger partial charge on any atom is 0.240 e. The Morgan fingerprint density at radius 2 is 1.81 bits per heavy atom.